The fraction of sp³-hybridized carbons (Fsp3) is 0.500. The van der Waals surface area contributed by atoms with E-state index in [-0.39, 0.29) is 14.1 Å². The number of halogens is 3. The van der Waals surface area contributed by atoms with Crippen molar-refractivity contribution in [3.8, 4) is 0 Å². The lowest BCUT2D eigenvalue weighted by molar-refractivity contribution is 0.579. The van der Waals surface area contributed by atoms with Crippen LogP contribution in [-0.4, -0.2) is 19.8 Å². The van der Waals surface area contributed by atoms with Gasteiger partial charge in [0.05, 0.1) is 4.34 Å². The molecule has 92 valence electrons. The van der Waals surface area contributed by atoms with Crippen LogP contribution in [0.4, 0.5) is 0 Å². The van der Waals surface area contributed by atoms with Crippen LogP contribution in [0.3, 0.4) is 0 Å². The number of alkyl halides is 1. The van der Waals surface area contributed by atoms with Gasteiger partial charge in [-0.2, -0.15) is 0 Å². The highest BCUT2D eigenvalue weighted by molar-refractivity contribution is 9.09. The van der Waals surface area contributed by atoms with Gasteiger partial charge in [-0.15, -0.1) is 11.3 Å². The standard InChI is InChI=1S/C8H10BrCl2NO2S2/c1-5(9)2-3-12-16(13,14)6-4-7(10)15-8(6)11/h4-5,12H,2-3H2,1H3. The quantitative estimate of drug-likeness (QED) is 0.810. The molecule has 3 nitrogen and oxygen atoms in total. The molecule has 0 bridgehead atoms. The molecule has 0 saturated carbocycles. The fourth-order valence-electron chi connectivity index (χ4n) is 0.978. The van der Waals surface area contributed by atoms with Gasteiger partial charge in [-0.1, -0.05) is 46.1 Å². The SMILES string of the molecule is CC(Br)CCNS(=O)(=O)c1cc(Cl)sc1Cl. The first-order valence-electron chi connectivity index (χ1n) is 4.41. The summed E-state index contributed by atoms with van der Waals surface area (Å²) < 4.78 is 26.6. The predicted octanol–water partition coefficient (Wildman–Crippen LogP) is 3.51. The largest absolute Gasteiger partial charge is 0.242 e. The molecule has 0 aliphatic rings. The maximum Gasteiger partial charge on any atom is 0.242 e. The van der Waals surface area contributed by atoms with Crippen molar-refractivity contribution in [3.05, 3.63) is 14.7 Å². The fourth-order valence-corrected chi connectivity index (χ4v) is 4.40. The number of rotatable bonds is 5. The molecule has 0 aliphatic carbocycles. The Bertz CT molecular complexity index is 459. The molecule has 1 aromatic rings. The molecule has 0 saturated heterocycles. The molecular formula is C8H10BrCl2NO2S2. The summed E-state index contributed by atoms with van der Waals surface area (Å²) in [6.07, 6.45) is 0.703. The molecule has 0 fully saturated rings. The zero-order valence-corrected chi connectivity index (χ0v) is 13.1. The smallest absolute Gasteiger partial charge is 0.211 e. The van der Waals surface area contributed by atoms with Gasteiger partial charge >= 0.3 is 0 Å². The summed E-state index contributed by atoms with van der Waals surface area (Å²) in [6, 6.07) is 1.36. The van der Waals surface area contributed by atoms with Crippen molar-refractivity contribution in [2.45, 2.75) is 23.1 Å². The van der Waals surface area contributed by atoms with E-state index in [0.717, 1.165) is 11.3 Å². The lowest BCUT2D eigenvalue weighted by atomic mass is 10.3. The van der Waals surface area contributed by atoms with E-state index in [0.29, 0.717) is 17.3 Å². The van der Waals surface area contributed by atoms with Gasteiger partial charge in [0.25, 0.3) is 0 Å². The molecule has 0 spiro atoms. The van der Waals surface area contributed by atoms with Crippen molar-refractivity contribution in [2.75, 3.05) is 6.54 Å². The van der Waals surface area contributed by atoms with E-state index in [1.807, 2.05) is 6.92 Å². The van der Waals surface area contributed by atoms with Gasteiger partial charge in [0.2, 0.25) is 10.0 Å². The number of hydrogen-bond donors (Lipinski definition) is 1. The average Bonchev–Trinajstić information content (AvgIpc) is 2.44. The predicted molar refractivity (Wildman–Crippen MR) is 72.5 cm³/mol. The number of hydrogen-bond acceptors (Lipinski definition) is 3. The highest BCUT2D eigenvalue weighted by atomic mass is 79.9. The van der Waals surface area contributed by atoms with E-state index < -0.39 is 10.0 Å². The second-order valence-electron chi connectivity index (χ2n) is 3.16. The van der Waals surface area contributed by atoms with E-state index in [1.54, 1.807) is 0 Å². The zero-order chi connectivity index (χ0) is 12.3. The summed E-state index contributed by atoms with van der Waals surface area (Å²) in [5.41, 5.74) is 0. The zero-order valence-electron chi connectivity index (χ0n) is 8.34. The first-order valence-corrected chi connectivity index (χ1v) is 8.38. The van der Waals surface area contributed by atoms with Crippen LogP contribution in [-0.2, 0) is 10.0 Å². The third kappa shape index (κ3) is 4.16. The number of nitrogens with one attached hydrogen (secondary N) is 1. The number of thiophene rings is 1. The molecule has 0 radical (unpaired) electrons. The Hall–Kier alpha value is 0.670. The van der Waals surface area contributed by atoms with E-state index in [4.69, 9.17) is 23.2 Å². The molecule has 1 heterocycles. The van der Waals surface area contributed by atoms with Crippen molar-refractivity contribution >= 4 is 60.5 Å². The van der Waals surface area contributed by atoms with Gasteiger partial charge in [0.15, 0.2) is 0 Å². The van der Waals surface area contributed by atoms with Crippen LogP contribution in [0.15, 0.2) is 11.0 Å². The van der Waals surface area contributed by atoms with Gasteiger partial charge in [0.1, 0.15) is 9.23 Å². The van der Waals surface area contributed by atoms with Crippen molar-refractivity contribution < 1.29 is 8.42 Å². The summed E-state index contributed by atoms with van der Waals surface area (Å²) in [6.45, 7) is 2.31. The van der Waals surface area contributed by atoms with E-state index in [1.165, 1.54) is 6.07 Å². The molecule has 0 aromatic carbocycles. The lowest BCUT2D eigenvalue weighted by Gasteiger charge is -2.06. The summed E-state index contributed by atoms with van der Waals surface area (Å²) in [5, 5.41) is 0. The number of sulfonamides is 1. The molecule has 1 rings (SSSR count). The Morgan fingerprint density at radius 1 is 1.56 bits per heavy atom. The highest BCUT2D eigenvalue weighted by Crippen LogP contribution is 2.33. The van der Waals surface area contributed by atoms with Crippen LogP contribution < -0.4 is 4.72 Å². The van der Waals surface area contributed by atoms with Crippen LogP contribution in [0.5, 0.6) is 0 Å². The Morgan fingerprint density at radius 3 is 2.62 bits per heavy atom. The van der Waals surface area contributed by atoms with Gasteiger partial charge < -0.3 is 0 Å². The van der Waals surface area contributed by atoms with Gasteiger partial charge in [-0.25, -0.2) is 13.1 Å². The minimum atomic E-state index is -3.54. The van der Waals surface area contributed by atoms with Gasteiger partial charge in [-0.3, -0.25) is 0 Å². The normalized spacial score (nSPS) is 14.0. The monoisotopic (exact) mass is 365 g/mol. The summed E-state index contributed by atoms with van der Waals surface area (Å²) in [7, 11) is -3.54. The first-order chi connectivity index (χ1) is 7.33. The maximum absolute atomic E-state index is 11.8. The minimum absolute atomic E-state index is 0.0476. The topological polar surface area (TPSA) is 46.2 Å². The molecule has 0 aliphatic heterocycles. The molecular weight excluding hydrogens is 357 g/mol. The summed E-state index contributed by atoms with van der Waals surface area (Å²) in [5.74, 6) is 0. The van der Waals surface area contributed by atoms with Gasteiger partial charge in [-0.05, 0) is 12.5 Å². The summed E-state index contributed by atoms with van der Waals surface area (Å²) in [4.78, 5) is 0.308. The second kappa shape index (κ2) is 6.02. The molecule has 1 atom stereocenters. The third-order valence-electron chi connectivity index (χ3n) is 1.75. The van der Waals surface area contributed by atoms with Crippen LogP contribution in [0.25, 0.3) is 0 Å². The van der Waals surface area contributed by atoms with E-state index >= 15 is 0 Å². The summed E-state index contributed by atoms with van der Waals surface area (Å²) >= 11 is 15.8. The first kappa shape index (κ1) is 14.7. The lowest BCUT2D eigenvalue weighted by Crippen LogP contribution is -2.25. The second-order valence-corrected chi connectivity index (χ2v) is 8.74. The van der Waals surface area contributed by atoms with Crippen LogP contribution in [0.1, 0.15) is 13.3 Å². The van der Waals surface area contributed by atoms with Crippen molar-refractivity contribution in [1.29, 1.82) is 0 Å². The van der Waals surface area contributed by atoms with Crippen molar-refractivity contribution in [2.24, 2.45) is 0 Å². The third-order valence-corrected chi connectivity index (χ3v) is 5.42. The Balaban J connectivity index is 2.75. The molecule has 8 heteroatoms. The average molecular weight is 367 g/mol. The highest BCUT2D eigenvalue weighted by Gasteiger charge is 2.20. The molecule has 16 heavy (non-hydrogen) atoms. The van der Waals surface area contributed by atoms with Crippen LogP contribution in [0, 0.1) is 0 Å². The molecule has 1 unspecified atom stereocenters. The van der Waals surface area contributed by atoms with E-state index in [9.17, 15) is 8.42 Å². The van der Waals surface area contributed by atoms with Crippen LogP contribution in [0.2, 0.25) is 8.67 Å². The van der Waals surface area contributed by atoms with Crippen molar-refractivity contribution in [3.63, 3.8) is 0 Å². The van der Waals surface area contributed by atoms with Crippen molar-refractivity contribution in [1.82, 2.24) is 4.72 Å². The van der Waals surface area contributed by atoms with Gasteiger partial charge in [0, 0.05) is 11.4 Å². The molecule has 0 amide bonds. The minimum Gasteiger partial charge on any atom is -0.211 e. The molecule has 1 aromatic heterocycles. The van der Waals surface area contributed by atoms with Crippen LogP contribution >= 0.6 is 50.5 Å². The molecule has 1 N–H and O–H groups in total. The Labute approximate surface area is 117 Å². The van der Waals surface area contributed by atoms with E-state index in [2.05, 4.69) is 20.7 Å². The Kier molecular flexibility index (Phi) is 5.54. The Morgan fingerprint density at radius 2 is 2.19 bits per heavy atom. The maximum atomic E-state index is 11.8.